The molecule has 0 fully saturated rings. The van der Waals surface area contributed by atoms with E-state index in [1.165, 1.54) is 36.7 Å². The summed E-state index contributed by atoms with van der Waals surface area (Å²) in [6.45, 7) is 0. The fourth-order valence-electron chi connectivity index (χ4n) is 1.63. The number of hydrogen-bond donors (Lipinski definition) is 2. The molecule has 2 rings (SSSR count). The van der Waals surface area contributed by atoms with Crippen molar-refractivity contribution in [3.8, 4) is 5.75 Å². The zero-order valence-corrected chi connectivity index (χ0v) is 10.5. The Hall–Kier alpha value is -2.77. The maximum absolute atomic E-state index is 12.2. The predicted molar refractivity (Wildman–Crippen MR) is 69.2 cm³/mol. The van der Waals surface area contributed by atoms with Gasteiger partial charge in [-0.3, -0.25) is 9.78 Å². The van der Waals surface area contributed by atoms with Crippen molar-refractivity contribution in [2.75, 3.05) is 5.32 Å². The van der Waals surface area contributed by atoms with Crippen LogP contribution >= 0.6 is 0 Å². The molecule has 3 N–H and O–H groups in total. The maximum atomic E-state index is 12.2. The molecule has 0 unspecified atom stereocenters. The van der Waals surface area contributed by atoms with Crippen LogP contribution in [-0.4, -0.2) is 17.3 Å². The third kappa shape index (κ3) is 4.10. The minimum absolute atomic E-state index is 0.125. The van der Waals surface area contributed by atoms with Crippen molar-refractivity contribution >= 4 is 17.3 Å². The SMILES string of the molecule is NC(=O)c1cnccc1Nc1cccc(OC(F)(F)F)c1. The number of nitrogens with one attached hydrogen (secondary N) is 1. The molecule has 1 heterocycles. The summed E-state index contributed by atoms with van der Waals surface area (Å²) in [7, 11) is 0. The first kappa shape index (κ1) is 14.6. The molecule has 0 radical (unpaired) electrons. The van der Waals surface area contributed by atoms with Gasteiger partial charge in [0, 0.05) is 24.1 Å². The van der Waals surface area contributed by atoms with Crippen LogP contribution in [-0.2, 0) is 0 Å². The van der Waals surface area contributed by atoms with Gasteiger partial charge in [0.25, 0.3) is 5.91 Å². The second-order valence-electron chi connectivity index (χ2n) is 3.99. The van der Waals surface area contributed by atoms with Crippen LogP contribution in [0.2, 0.25) is 0 Å². The van der Waals surface area contributed by atoms with E-state index in [2.05, 4.69) is 15.0 Å². The number of carbonyl (C=O) groups is 1. The lowest BCUT2D eigenvalue weighted by Gasteiger charge is -2.12. The number of amides is 1. The third-order valence-corrected chi connectivity index (χ3v) is 2.43. The number of ether oxygens (including phenoxy) is 1. The number of nitrogens with two attached hydrogens (primary N) is 1. The number of benzene rings is 1. The van der Waals surface area contributed by atoms with Gasteiger partial charge in [0.2, 0.25) is 0 Å². The van der Waals surface area contributed by atoms with Gasteiger partial charge in [-0.15, -0.1) is 13.2 Å². The van der Waals surface area contributed by atoms with Crippen molar-refractivity contribution in [3.05, 3.63) is 48.3 Å². The Morgan fingerprint density at radius 3 is 2.71 bits per heavy atom. The molecule has 0 atom stereocenters. The molecule has 0 aliphatic carbocycles. The second-order valence-corrected chi connectivity index (χ2v) is 3.99. The lowest BCUT2D eigenvalue weighted by atomic mass is 10.2. The molecule has 8 heteroatoms. The minimum atomic E-state index is -4.77. The highest BCUT2D eigenvalue weighted by Gasteiger charge is 2.31. The molecule has 21 heavy (non-hydrogen) atoms. The summed E-state index contributed by atoms with van der Waals surface area (Å²) in [6, 6.07) is 6.71. The lowest BCUT2D eigenvalue weighted by molar-refractivity contribution is -0.274. The normalized spacial score (nSPS) is 11.0. The van der Waals surface area contributed by atoms with Crippen molar-refractivity contribution in [1.29, 1.82) is 0 Å². The molecule has 0 saturated carbocycles. The Bertz CT molecular complexity index is 659. The molecule has 0 aliphatic heterocycles. The molecule has 1 amide bonds. The summed E-state index contributed by atoms with van der Waals surface area (Å²) in [5.74, 6) is -1.07. The summed E-state index contributed by atoms with van der Waals surface area (Å²) in [5.41, 5.74) is 5.96. The molecule has 1 aromatic heterocycles. The first-order chi connectivity index (χ1) is 9.85. The van der Waals surface area contributed by atoms with Gasteiger partial charge in [0.1, 0.15) is 5.75 Å². The number of primary amides is 1. The van der Waals surface area contributed by atoms with Crippen LogP contribution in [0.15, 0.2) is 42.7 Å². The van der Waals surface area contributed by atoms with Crippen molar-refractivity contribution in [1.82, 2.24) is 4.98 Å². The average Bonchev–Trinajstić information content (AvgIpc) is 2.37. The van der Waals surface area contributed by atoms with Gasteiger partial charge in [-0.2, -0.15) is 0 Å². The number of anilines is 2. The number of hydrogen-bond acceptors (Lipinski definition) is 4. The predicted octanol–water partition coefficient (Wildman–Crippen LogP) is 2.82. The lowest BCUT2D eigenvalue weighted by Crippen LogP contribution is -2.17. The first-order valence-corrected chi connectivity index (χ1v) is 5.72. The van der Waals surface area contributed by atoms with E-state index in [0.29, 0.717) is 11.4 Å². The Morgan fingerprint density at radius 2 is 2.05 bits per heavy atom. The van der Waals surface area contributed by atoms with E-state index in [-0.39, 0.29) is 11.3 Å². The molecule has 110 valence electrons. The molecular formula is C13H10F3N3O2. The summed E-state index contributed by atoms with van der Waals surface area (Å²) in [5, 5.41) is 2.79. The molecule has 2 aromatic rings. The third-order valence-electron chi connectivity index (χ3n) is 2.43. The van der Waals surface area contributed by atoms with Gasteiger partial charge in [0.05, 0.1) is 11.3 Å². The van der Waals surface area contributed by atoms with Crippen LogP contribution in [0.3, 0.4) is 0 Å². The van der Waals surface area contributed by atoms with Gasteiger partial charge in [0.15, 0.2) is 0 Å². The van der Waals surface area contributed by atoms with E-state index in [1.54, 1.807) is 0 Å². The van der Waals surface area contributed by atoms with E-state index in [0.717, 1.165) is 6.07 Å². The highest BCUT2D eigenvalue weighted by atomic mass is 19.4. The maximum Gasteiger partial charge on any atom is 0.573 e. The summed E-state index contributed by atoms with van der Waals surface area (Å²) in [6.07, 6.45) is -2.08. The number of pyridine rings is 1. The van der Waals surface area contributed by atoms with E-state index in [1.807, 2.05) is 0 Å². The minimum Gasteiger partial charge on any atom is -0.406 e. The number of alkyl halides is 3. The van der Waals surface area contributed by atoms with Crippen molar-refractivity contribution in [3.63, 3.8) is 0 Å². The molecule has 5 nitrogen and oxygen atoms in total. The molecule has 0 bridgehead atoms. The zero-order valence-electron chi connectivity index (χ0n) is 10.5. The Morgan fingerprint density at radius 1 is 1.29 bits per heavy atom. The van der Waals surface area contributed by atoms with Crippen LogP contribution in [0.5, 0.6) is 5.75 Å². The molecular weight excluding hydrogens is 287 g/mol. The standard InChI is InChI=1S/C13H10F3N3O2/c14-13(15,16)21-9-3-1-2-8(6-9)19-11-4-5-18-7-10(11)12(17)20/h1-7H,(H2,17,20)(H,18,19). The fourth-order valence-corrected chi connectivity index (χ4v) is 1.63. The molecule has 0 spiro atoms. The highest BCUT2D eigenvalue weighted by Crippen LogP contribution is 2.27. The van der Waals surface area contributed by atoms with Gasteiger partial charge >= 0.3 is 6.36 Å². The molecule has 0 aliphatic rings. The number of aromatic nitrogens is 1. The number of halogens is 3. The summed E-state index contributed by atoms with van der Waals surface area (Å²) in [4.78, 5) is 15.0. The Balaban J connectivity index is 2.25. The topological polar surface area (TPSA) is 77.2 Å². The van der Waals surface area contributed by atoms with Gasteiger partial charge < -0.3 is 15.8 Å². The number of nitrogens with zero attached hydrogens (tertiary/aromatic N) is 1. The summed E-state index contributed by atoms with van der Waals surface area (Å²) >= 11 is 0. The van der Waals surface area contributed by atoms with Crippen LogP contribution < -0.4 is 15.8 Å². The second kappa shape index (κ2) is 5.70. The number of rotatable bonds is 4. The van der Waals surface area contributed by atoms with Crippen molar-refractivity contribution < 1.29 is 22.7 Å². The monoisotopic (exact) mass is 297 g/mol. The first-order valence-electron chi connectivity index (χ1n) is 5.72. The number of carbonyl (C=O) groups excluding carboxylic acids is 1. The smallest absolute Gasteiger partial charge is 0.406 e. The van der Waals surface area contributed by atoms with Crippen molar-refractivity contribution in [2.45, 2.75) is 6.36 Å². The molecule has 0 saturated heterocycles. The van der Waals surface area contributed by atoms with Crippen molar-refractivity contribution in [2.24, 2.45) is 5.73 Å². The summed E-state index contributed by atoms with van der Waals surface area (Å²) < 4.78 is 40.3. The fraction of sp³-hybridized carbons (Fsp3) is 0.0769. The Labute approximate surface area is 117 Å². The quantitative estimate of drug-likeness (QED) is 0.909. The highest BCUT2D eigenvalue weighted by molar-refractivity contribution is 5.98. The van der Waals surface area contributed by atoms with E-state index in [9.17, 15) is 18.0 Å². The van der Waals surface area contributed by atoms with Crippen LogP contribution in [0.4, 0.5) is 24.5 Å². The Kier molecular flexibility index (Phi) is 3.97. The zero-order chi connectivity index (χ0) is 15.5. The van der Waals surface area contributed by atoms with Gasteiger partial charge in [-0.05, 0) is 18.2 Å². The average molecular weight is 297 g/mol. The van der Waals surface area contributed by atoms with E-state index in [4.69, 9.17) is 5.73 Å². The largest absolute Gasteiger partial charge is 0.573 e. The van der Waals surface area contributed by atoms with E-state index < -0.39 is 12.3 Å². The van der Waals surface area contributed by atoms with Gasteiger partial charge in [-0.25, -0.2) is 0 Å². The molecule has 1 aromatic carbocycles. The van der Waals surface area contributed by atoms with Gasteiger partial charge in [-0.1, -0.05) is 6.07 Å². The van der Waals surface area contributed by atoms with E-state index >= 15 is 0 Å². The van der Waals surface area contributed by atoms with Crippen LogP contribution in [0.1, 0.15) is 10.4 Å². The van der Waals surface area contributed by atoms with Crippen LogP contribution in [0.25, 0.3) is 0 Å². The van der Waals surface area contributed by atoms with Crippen LogP contribution in [0, 0.1) is 0 Å².